The van der Waals surface area contributed by atoms with Crippen LogP contribution in [0.1, 0.15) is 31.7 Å². The first-order valence-electron chi connectivity index (χ1n) is 15.0. The summed E-state index contributed by atoms with van der Waals surface area (Å²) in [4.78, 5) is 34.7. The van der Waals surface area contributed by atoms with Gasteiger partial charge in [-0.3, -0.25) is 9.52 Å². The number of anilines is 4. The van der Waals surface area contributed by atoms with Crippen molar-refractivity contribution in [2.24, 2.45) is 0 Å². The van der Waals surface area contributed by atoms with E-state index >= 15 is 0 Å². The summed E-state index contributed by atoms with van der Waals surface area (Å²) in [6, 6.07) is 17.7. The van der Waals surface area contributed by atoms with Crippen LogP contribution in [0.15, 0.2) is 84.0 Å². The van der Waals surface area contributed by atoms with Crippen LogP contribution >= 0.6 is 11.3 Å². The molecule has 0 saturated carbocycles. The summed E-state index contributed by atoms with van der Waals surface area (Å²) in [5.41, 5.74) is 2.96. The average molecular weight is 673 g/mol. The molecular weight excluding hydrogens is 640 g/mol. The van der Waals surface area contributed by atoms with Crippen molar-refractivity contribution in [3.8, 4) is 21.8 Å². The second kappa shape index (κ2) is 13.4. The number of thiazole rings is 1. The van der Waals surface area contributed by atoms with Crippen LogP contribution in [0.3, 0.4) is 0 Å². The number of nitrogens with one attached hydrogen (secondary N) is 2. The van der Waals surface area contributed by atoms with Crippen molar-refractivity contribution in [3.63, 3.8) is 0 Å². The maximum atomic E-state index is 14.3. The molecule has 5 aromatic rings. The molecule has 0 radical (unpaired) electrons. The van der Waals surface area contributed by atoms with E-state index in [1.54, 1.807) is 43.6 Å². The SMILES string of the molecule is CC(=O)N1CCN(c2ccc(Nc3nccc(-c4sc(C(C)C)nc4-c4cccc(NS(=O)(=O)c5ccccc5F)c4)n3)cn2)CC1. The number of carbonyl (C=O) groups is 1. The third-order valence-corrected chi connectivity index (χ3v) is 10.4. The molecule has 0 spiro atoms. The van der Waals surface area contributed by atoms with Crippen LogP contribution in [-0.4, -0.2) is 65.3 Å². The van der Waals surface area contributed by atoms with Crippen molar-refractivity contribution in [2.45, 2.75) is 31.6 Å². The minimum absolute atomic E-state index is 0.0860. The Balaban J connectivity index is 1.24. The molecule has 1 saturated heterocycles. The van der Waals surface area contributed by atoms with E-state index in [9.17, 15) is 17.6 Å². The summed E-state index contributed by atoms with van der Waals surface area (Å²) in [5.74, 6) is 0.613. The van der Waals surface area contributed by atoms with Gasteiger partial charge in [0, 0.05) is 56.5 Å². The van der Waals surface area contributed by atoms with Gasteiger partial charge in [-0.15, -0.1) is 11.3 Å². The number of nitrogens with zero attached hydrogens (tertiary/aromatic N) is 6. The molecule has 0 unspecified atom stereocenters. The molecule has 1 fully saturated rings. The van der Waals surface area contributed by atoms with Gasteiger partial charge in [-0.2, -0.15) is 0 Å². The fourth-order valence-corrected chi connectivity index (χ4v) is 7.32. The van der Waals surface area contributed by atoms with Crippen LogP contribution < -0.4 is 14.9 Å². The van der Waals surface area contributed by atoms with Crippen LogP contribution in [0.5, 0.6) is 0 Å². The van der Waals surface area contributed by atoms with Crippen molar-refractivity contribution >= 4 is 50.4 Å². The number of hydrogen-bond donors (Lipinski definition) is 2. The molecule has 242 valence electrons. The summed E-state index contributed by atoms with van der Waals surface area (Å²) < 4.78 is 42.7. The summed E-state index contributed by atoms with van der Waals surface area (Å²) in [7, 11) is -4.16. The number of carbonyl (C=O) groups excluding carboxylic acids is 1. The molecule has 1 aliphatic rings. The maximum absolute atomic E-state index is 14.3. The second-order valence-electron chi connectivity index (χ2n) is 11.3. The fourth-order valence-electron chi connectivity index (χ4n) is 5.13. The molecule has 1 aliphatic heterocycles. The van der Waals surface area contributed by atoms with Gasteiger partial charge in [0.15, 0.2) is 0 Å². The van der Waals surface area contributed by atoms with Crippen LogP contribution in [0.4, 0.5) is 27.5 Å². The van der Waals surface area contributed by atoms with Crippen molar-refractivity contribution in [3.05, 3.63) is 89.9 Å². The Morgan fingerprint density at radius 1 is 0.936 bits per heavy atom. The van der Waals surface area contributed by atoms with E-state index in [0.29, 0.717) is 36.0 Å². The van der Waals surface area contributed by atoms with Crippen molar-refractivity contribution in [1.82, 2.24) is 24.8 Å². The number of pyridine rings is 1. The normalized spacial score (nSPS) is 13.6. The highest BCUT2D eigenvalue weighted by Crippen LogP contribution is 2.39. The number of amides is 1. The highest BCUT2D eigenvalue weighted by Gasteiger charge is 2.22. The van der Waals surface area contributed by atoms with E-state index in [0.717, 1.165) is 40.5 Å². The summed E-state index contributed by atoms with van der Waals surface area (Å²) in [5, 5.41) is 4.12. The van der Waals surface area contributed by atoms with E-state index in [1.807, 2.05) is 23.1 Å². The van der Waals surface area contributed by atoms with E-state index in [-0.39, 0.29) is 17.5 Å². The molecule has 0 aliphatic carbocycles. The van der Waals surface area contributed by atoms with E-state index in [2.05, 4.69) is 38.8 Å². The lowest BCUT2D eigenvalue weighted by Gasteiger charge is -2.34. The molecule has 1 amide bonds. The zero-order valence-corrected chi connectivity index (χ0v) is 27.6. The van der Waals surface area contributed by atoms with Crippen LogP contribution in [0.2, 0.25) is 0 Å². The summed E-state index contributed by atoms with van der Waals surface area (Å²) in [6.07, 6.45) is 3.39. The lowest BCUT2D eigenvalue weighted by molar-refractivity contribution is -0.129. The molecule has 0 bridgehead atoms. The van der Waals surface area contributed by atoms with Crippen molar-refractivity contribution in [1.29, 1.82) is 0 Å². The Kier molecular flexibility index (Phi) is 9.14. The molecule has 11 nitrogen and oxygen atoms in total. The zero-order chi connectivity index (χ0) is 33.1. The van der Waals surface area contributed by atoms with Gasteiger partial charge in [0.25, 0.3) is 10.0 Å². The predicted molar refractivity (Wildman–Crippen MR) is 182 cm³/mol. The Bertz CT molecular complexity index is 2010. The Morgan fingerprint density at radius 2 is 1.72 bits per heavy atom. The standard InChI is InChI=1S/C33H33FN8O3S2/c1-21(2)32-39-30(23-7-6-8-24(19-23)40-47(44,45)28-10-5-4-9-26(28)34)31(46-32)27-13-14-35-33(38-27)37-25-11-12-29(36-20-25)42-17-15-41(16-18-42)22(3)43/h4-14,19-21,40H,15-18H2,1-3H3,(H,35,37,38). The molecule has 47 heavy (non-hydrogen) atoms. The molecular formula is C33H33FN8O3S2. The zero-order valence-electron chi connectivity index (χ0n) is 26.0. The Hall–Kier alpha value is -4.95. The quantitative estimate of drug-likeness (QED) is 0.190. The smallest absolute Gasteiger partial charge is 0.264 e. The lowest BCUT2D eigenvalue weighted by atomic mass is 10.1. The van der Waals surface area contributed by atoms with Gasteiger partial charge >= 0.3 is 0 Å². The summed E-state index contributed by atoms with van der Waals surface area (Å²) in [6.45, 7) is 8.48. The van der Waals surface area contributed by atoms with E-state index in [4.69, 9.17) is 9.97 Å². The predicted octanol–water partition coefficient (Wildman–Crippen LogP) is 6.14. The Labute approximate surface area is 276 Å². The first-order chi connectivity index (χ1) is 22.6. The Morgan fingerprint density at radius 3 is 2.43 bits per heavy atom. The molecule has 2 aromatic carbocycles. The first kappa shape index (κ1) is 32.0. The maximum Gasteiger partial charge on any atom is 0.264 e. The van der Waals surface area contributed by atoms with E-state index < -0.39 is 20.7 Å². The number of hydrogen-bond acceptors (Lipinski definition) is 10. The van der Waals surface area contributed by atoms with Gasteiger partial charge in [-0.25, -0.2) is 32.7 Å². The lowest BCUT2D eigenvalue weighted by Crippen LogP contribution is -2.48. The third kappa shape index (κ3) is 7.23. The molecule has 3 aromatic heterocycles. The van der Waals surface area contributed by atoms with Gasteiger partial charge in [0.1, 0.15) is 16.5 Å². The van der Waals surface area contributed by atoms with Crippen LogP contribution in [-0.2, 0) is 14.8 Å². The number of benzene rings is 2. The second-order valence-corrected chi connectivity index (χ2v) is 14.0. The van der Waals surface area contributed by atoms with E-state index in [1.165, 1.54) is 29.5 Å². The molecule has 14 heteroatoms. The van der Waals surface area contributed by atoms with Gasteiger partial charge in [-0.05, 0) is 42.5 Å². The topological polar surface area (TPSA) is 133 Å². The molecule has 2 N–H and O–H groups in total. The van der Waals surface area contributed by atoms with Crippen LogP contribution in [0, 0.1) is 5.82 Å². The number of sulfonamides is 1. The van der Waals surface area contributed by atoms with Crippen molar-refractivity contribution in [2.75, 3.05) is 41.1 Å². The van der Waals surface area contributed by atoms with Crippen molar-refractivity contribution < 1.29 is 17.6 Å². The number of piperazine rings is 1. The van der Waals surface area contributed by atoms with Gasteiger partial charge in [0.2, 0.25) is 11.9 Å². The van der Waals surface area contributed by atoms with Gasteiger partial charge in [0.05, 0.1) is 33.2 Å². The fraction of sp³-hybridized carbons (Fsp3) is 0.242. The number of rotatable bonds is 9. The monoisotopic (exact) mass is 672 g/mol. The minimum atomic E-state index is -4.16. The minimum Gasteiger partial charge on any atom is -0.353 e. The average Bonchev–Trinajstić information content (AvgIpc) is 3.52. The highest BCUT2D eigenvalue weighted by atomic mass is 32.2. The summed E-state index contributed by atoms with van der Waals surface area (Å²) >= 11 is 1.51. The first-order valence-corrected chi connectivity index (χ1v) is 17.3. The molecule has 4 heterocycles. The number of halogens is 1. The number of aromatic nitrogens is 4. The highest BCUT2D eigenvalue weighted by molar-refractivity contribution is 7.92. The van der Waals surface area contributed by atoms with Gasteiger partial charge in [-0.1, -0.05) is 38.1 Å². The largest absolute Gasteiger partial charge is 0.353 e. The third-order valence-electron chi connectivity index (χ3n) is 7.59. The van der Waals surface area contributed by atoms with Crippen LogP contribution in [0.25, 0.3) is 21.8 Å². The molecule has 0 atom stereocenters. The van der Waals surface area contributed by atoms with Gasteiger partial charge < -0.3 is 15.1 Å². The molecule has 6 rings (SSSR count).